The van der Waals surface area contributed by atoms with Crippen molar-refractivity contribution in [2.24, 2.45) is 5.73 Å². The van der Waals surface area contributed by atoms with E-state index in [9.17, 15) is 0 Å². The smallest absolute Gasteiger partial charge is 0.0617 e. The molecule has 1 atom stereocenters. The molecule has 2 N–H and O–H groups in total. The molecule has 2 heteroatoms. The molecule has 0 radical (unpaired) electrons. The number of nitrogens with two attached hydrogens (primary N) is 1. The molecule has 0 spiro atoms. The first-order valence-electron chi connectivity index (χ1n) is 5.10. The van der Waals surface area contributed by atoms with Gasteiger partial charge in [0.15, 0.2) is 0 Å². The average Bonchev–Trinajstić information content (AvgIpc) is 2.15. The van der Waals surface area contributed by atoms with Crippen molar-refractivity contribution in [1.82, 2.24) is 4.90 Å². The van der Waals surface area contributed by atoms with Crippen LogP contribution in [-0.4, -0.2) is 18.1 Å². The van der Waals surface area contributed by atoms with Crippen molar-refractivity contribution in [2.45, 2.75) is 32.0 Å². The molecular weight excluding hydrogens is 172 g/mol. The van der Waals surface area contributed by atoms with Crippen LogP contribution in [0.4, 0.5) is 0 Å². The quantitative estimate of drug-likeness (QED) is 0.674. The van der Waals surface area contributed by atoms with Crippen molar-refractivity contribution in [2.75, 3.05) is 7.05 Å². The zero-order chi connectivity index (χ0) is 10.3. The van der Waals surface area contributed by atoms with E-state index in [-0.39, 0.29) is 11.7 Å². The predicted molar refractivity (Wildman–Crippen MR) is 58.9 cm³/mol. The second kappa shape index (κ2) is 3.07. The van der Waals surface area contributed by atoms with Crippen LogP contribution in [0.15, 0.2) is 24.3 Å². The first-order valence-corrected chi connectivity index (χ1v) is 5.10. The summed E-state index contributed by atoms with van der Waals surface area (Å²) in [6.07, 6.45) is 1.09. The minimum absolute atomic E-state index is 0.0499. The summed E-state index contributed by atoms with van der Waals surface area (Å²) in [5, 5.41) is 0. The van der Waals surface area contributed by atoms with Crippen LogP contribution >= 0.6 is 0 Å². The number of rotatable bonds is 0. The summed E-state index contributed by atoms with van der Waals surface area (Å²) in [5.74, 6) is 0. The Labute approximate surface area is 85.7 Å². The molecule has 0 saturated heterocycles. The molecule has 14 heavy (non-hydrogen) atoms. The molecule has 1 aromatic carbocycles. The van der Waals surface area contributed by atoms with Crippen molar-refractivity contribution >= 4 is 0 Å². The normalized spacial score (nSPS) is 25.9. The van der Waals surface area contributed by atoms with Gasteiger partial charge >= 0.3 is 0 Å². The first-order chi connectivity index (χ1) is 6.53. The van der Waals surface area contributed by atoms with Crippen molar-refractivity contribution in [3.8, 4) is 0 Å². The van der Waals surface area contributed by atoms with Gasteiger partial charge in [-0.05, 0) is 32.0 Å². The van der Waals surface area contributed by atoms with E-state index in [1.165, 1.54) is 11.1 Å². The molecule has 0 saturated carbocycles. The molecular formula is C12H18N2. The maximum absolute atomic E-state index is 6.09. The summed E-state index contributed by atoms with van der Waals surface area (Å²) < 4.78 is 0. The number of likely N-dealkylation sites (N-methyl/N-ethyl adjacent to an activating group) is 1. The van der Waals surface area contributed by atoms with Crippen LogP contribution in [0.3, 0.4) is 0 Å². The summed E-state index contributed by atoms with van der Waals surface area (Å²) >= 11 is 0. The van der Waals surface area contributed by atoms with E-state index in [1.807, 2.05) is 0 Å². The highest BCUT2D eigenvalue weighted by atomic mass is 15.3. The molecule has 1 aliphatic heterocycles. The van der Waals surface area contributed by atoms with Gasteiger partial charge in [0.2, 0.25) is 0 Å². The lowest BCUT2D eigenvalue weighted by Crippen LogP contribution is -2.54. The van der Waals surface area contributed by atoms with Crippen LogP contribution in [0.25, 0.3) is 0 Å². The molecule has 1 aliphatic rings. The largest absolute Gasteiger partial charge is 0.315 e. The van der Waals surface area contributed by atoms with Crippen LogP contribution in [-0.2, 0) is 12.0 Å². The number of benzene rings is 1. The Balaban J connectivity index is 2.54. The lowest BCUT2D eigenvalue weighted by Gasteiger charge is -2.45. The van der Waals surface area contributed by atoms with Gasteiger partial charge in [-0.1, -0.05) is 24.3 Å². The third-order valence-electron chi connectivity index (χ3n) is 3.48. The Bertz CT molecular complexity index is 344. The van der Waals surface area contributed by atoms with E-state index in [0.29, 0.717) is 0 Å². The molecule has 0 amide bonds. The lowest BCUT2D eigenvalue weighted by atomic mass is 9.83. The maximum Gasteiger partial charge on any atom is 0.0617 e. The summed E-state index contributed by atoms with van der Waals surface area (Å²) in [7, 11) is 2.10. The Morgan fingerprint density at radius 3 is 2.71 bits per heavy atom. The minimum Gasteiger partial charge on any atom is -0.315 e. The minimum atomic E-state index is 0.0499. The molecule has 1 heterocycles. The SMILES string of the molecule is CN1C(N)Cc2ccccc2C1(C)C. The fourth-order valence-corrected chi connectivity index (χ4v) is 2.26. The van der Waals surface area contributed by atoms with E-state index in [2.05, 4.69) is 50.1 Å². The van der Waals surface area contributed by atoms with Crippen LogP contribution in [0.5, 0.6) is 0 Å². The molecule has 2 rings (SSSR count). The van der Waals surface area contributed by atoms with E-state index >= 15 is 0 Å². The van der Waals surface area contributed by atoms with Gasteiger partial charge in [0.25, 0.3) is 0 Å². The van der Waals surface area contributed by atoms with E-state index < -0.39 is 0 Å². The number of nitrogens with zero attached hydrogens (tertiary/aromatic N) is 1. The van der Waals surface area contributed by atoms with E-state index in [0.717, 1.165) is 6.42 Å². The second-order valence-electron chi connectivity index (χ2n) is 4.60. The van der Waals surface area contributed by atoms with E-state index in [4.69, 9.17) is 5.73 Å². The summed E-state index contributed by atoms with van der Waals surface area (Å²) in [5.41, 5.74) is 8.94. The number of fused-ring (bicyclic) bond motifs is 1. The molecule has 1 unspecified atom stereocenters. The fourth-order valence-electron chi connectivity index (χ4n) is 2.26. The summed E-state index contributed by atoms with van der Waals surface area (Å²) in [4.78, 5) is 2.25. The Morgan fingerprint density at radius 1 is 1.36 bits per heavy atom. The number of hydrogen-bond acceptors (Lipinski definition) is 2. The monoisotopic (exact) mass is 190 g/mol. The summed E-state index contributed by atoms with van der Waals surface area (Å²) in [6.45, 7) is 4.45. The van der Waals surface area contributed by atoms with Crippen LogP contribution < -0.4 is 5.73 Å². The Kier molecular flexibility index (Phi) is 2.13. The third kappa shape index (κ3) is 1.26. The van der Waals surface area contributed by atoms with Crippen molar-refractivity contribution < 1.29 is 0 Å². The average molecular weight is 190 g/mol. The fraction of sp³-hybridized carbons (Fsp3) is 0.500. The van der Waals surface area contributed by atoms with Gasteiger partial charge in [-0.3, -0.25) is 4.90 Å². The molecule has 0 fully saturated rings. The van der Waals surface area contributed by atoms with Crippen LogP contribution in [0, 0.1) is 0 Å². The predicted octanol–water partition coefficient (Wildman–Crippen LogP) is 1.69. The van der Waals surface area contributed by atoms with Crippen molar-refractivity contribution in [3.63, 3.8) is 0 Å². The zero-order valence-corrected chi connectivity index (χ0v) is 9.12. The van der Waals surface area contributed by atoms with Crippen LogP contribution in [0.2, 0.25) is 0 Å². The molecule has 2 nitrogen and oxygen atoms in total. The van der Waals surface area contributed by atoms with Crippen molar-refractivity contribution in [3.05, 3.63) is 35.4 Å². The molecule has 76 valence electrons. The highest BCUT2D eigenvalue weighted by Gasteiger charge is 2.35. The van der Waals surface area contributed by atoms with Gasteiger partial charge in [0.1, 0.15) is 0 Å². The zero-order valence-electron chi connectivity index (χ0n) is 9.12. The highest BCUT2D eigenvalue weighted by Crippen LogP contribution is 2.34. The maximum atomic E-state index is 6.09. The summed E-state index contributed by atoms with van der Waals surface area (Å²) in [6, 6.07) is 8.58. The Morgan fingerprint density at radius 2 is 2.00 bits per heavy atom. The topological polar surface area (TPSA) is 29.3 Å². The number of hydrogen-bond donors (Lipinski definition) is 1. The highest BCUT2D eigenvalue weighted by molar-refractivity contribution is 5.35. The van der Waals surface area contributed by atoms with Crippen molar-refractivity contribution in [1.29, 1.82) is 0 Å². The van der Waals surface area contributed by atoms with E-state index in [1.54, 1.807) is 0 Å². The standard InChI is InChI=1S/C12H18N2/c1-12(2)10-7-5-4-6-9(10)8-11(13)14(12)3/h4-7,11H,8,13H2,1-3H3. The lowest BCUT2D eigenvalue weighted by molar-refractivity contribution is 0.0866. The second-order valence-corrected chi connectivity index (χ2v) is 4.60. The van der Waals surface area contributed by atoms with Gasteiger partial charge in [-0.25, -0.2) is 0 Å². The third-order valence-corrected chi connectivity index (χ3v) is 3.48. The molecule has 1 aromatic rings. The van der Waals surface area contributed by atoms with Gasteiger partial charge in [0.05, 0.1) is 6.17 Å². The van der Waals surface area contributed by atoms with Gasteiger partial charge < -0.3 is 5.73 Å². The van der Waals surface area contributed by atoms with Gasteiger partial charge in [0, 0.05) is 12.0 Å². The molecule has 0 aliphatic carbocycles. The Hall–Kier alpha value is -0.860. The first kappa shape index (κ1) is 9.69. The molecule has 0 aromatic heterocycles. The van der Waals surface area contributed by atoms with Gasteiger partial charge in [-0.15, -0.1) is 0 Å². The van der Waals surface area contributed by atoms with Crippen LogP contribution in [0.1, 0.15) is 25.0 Å². The molecule has 0 bridgehead atoms. The van der Waals surface area contributed by atoms with Gasteiger partial charge in [-0.2, -0.15) is 0 Å².